The Balaban J connectivity index is 2.06. The Bertz CT molecular complexity index is 578. The molecule has 2 nitrogen and oxygen atoms in total. The first-order chi connectivity index (χ1) is 11.7. The Morgan fingerprint density at radius 3 is 1.88 bits per heavy atom. The van der Waals surface area contributed by atoms with Crippen LogP contribution in [0, 0.1) is 0 Å². The van der Waals surface area contributed by atoms with Crippen LogP contribution in [0.4, 0.5) is 0 Å². The normalized spacial score (nSPS) is 10.9. The number of hydrogen-bond acceptors (Lipinski definition) is 2. The molecule has 2 N–H and O–H groups in total. The molecule has 2 heteroatoms. The number of hydrogen-bond donors (Lipinski definition) is 2. The predicted octanol–water partition coefficient (Wildman–Crippen LogP) is 5.37. The first kappa shape index (κ1) is 18.5. The molecule has 0 radical (unpaired) electrons. The summed E-state index contributed by atoms with van der Waals surface area (Å²) >= 11 is 0. The summed E-state index contributed by atoms with van der Waals surface area (Å²) in [6.07, 6.45) is 6.49. The molecule has 0 saturated carbocycles. The van der Waals surface area contributed by atoms with Crippen molar-refractivity contribution < 1.29 is 5.11 Å². The Morgan fingerprint density at radius 1 is 0.792 bits per heavy atom. The minimum atomic E-state index is 0.531. The summed E-state index contributed by atoms with van der Waals surface area (Å²) in [5.41, 5.74) is 4.80. The molecule has 0 atom stereocenters. The Kier molecular flexibility index (Phi) is 7.84. The standard InChI is InChI=1S/C22H31NO/c1-3-5-12-20-14-19(15-21(22(20)24)13-6-4-2)17-23-16-18-10-8-7-9-11-18/h7-11,14-15,23-24H,3-6,12-13,16-17H2,1-2H3. The molecule has 0 fully saturated rings. The van der Waals surface area contributed by atoms with E-state index in [2.05, 4.69) is 55.6 Å². The molecule has 0 unspecified atom stereocenters. The first-order valence-corrected chi connectivity index (χ1v) is 9.32. The van der Waals surface area contributed by atoms with Gasteiger partial charge in [0.25, 0.3) is 0 Å². The summed E-state index contributed by atoms with van der Waals surface area (Å²) in [5.74, 6) is 0.531. The van der Waals surface area contributed by atoms with Gasteiger partial charge in [-0.3, -0.25) is 0 Å². The Labute approximate surface area is 146 Å². The van der Waals surface area contributed by atoms with Crippen LogP contribution in [0.2, 0.25) is 0 Å². The third-order valence-electron chi connectivity index (χ3n) is 4.43. The van der Waals surface area contributed by atoms with Crippen LogP contribution in [0.1, 0.15) is 61.8 Å². The highest BCUT2D eigenvalue weighted by molar-refractivity contribution is 5.44. The van der Waals surface area contributed by atoms with Gasteiger partial charge in [0.05, 0.1) is 0 Å². The van der Waals surface area contributed by atoms with Gasteiger partial charge in [-0.1, -0.05) is 69.2 Å². The number of nitrogens with one attached hydrogen (secondary N) is 1. The summed E-state index contributed by atoms with van der Waals surface area (Å²) in [6, 6.07) is 14.8. The van der Waals surface area contributed by atoms with Crippen molar-refractivity contribution in [3.8, 4) is 5.75 Å². The number of aromatic hydroxyl groups is 1. The second kappa shape index (κ2) is 10.1. The number of phenols is 1. The van der Waals surface area contributed by atoms with Crippen LogP contribution in [0.5, 0.6) is 5.75 Å². The van der Waals surface area contributed by atoms with Crippen molar-refractivity contribution in [1.29, 1.82) is 0 Å². The van der Waals surface area contributed by atoms with Crippen molar-refractivity contribution in [3.05, 3.63) is 64.7 Å². The second-order valence-electron chi connectivity index (χ2n) is 6.56. The molecule has 0 aromatic heterocycles. The average Bonchev–Trinajstić information content (AvgIpc) is 2.61. The molecule has 24 heavy (non-hydrogen) atoms. The smallest absolute Gasteiger partial charge is 0.121 e. The zero-order chi connectivity index (χ0) is 17.2. The van der Waals surface area contributed by atoms with Crippen molar-refractivity contribution in [3.63, 3.8) is 0 Å². The number of phenolic OH excluding ortho intramolecular Hbond substituents is 1. The molecule has 0 spiro atoms. The molecular weight excluding hydrogens is 294 g/mol. The fourth-order valence-electron chi connectivity index (χ4n) is 3.00. The molecule has 2 aromatic rings. The summed E-state index contributed by atoms with van der Waals surface area (Å²) < 4.78 is 0. The fourth-order valence-corrected chi connectivity index (χ4v) is 3.00. The van der Waals surface area contributed by atoms with E-state index in [9.17, 15) is 5.11 Å². The highest BCUT2D eigenvalue weighted by atomic mass is 16.3. The first-order valence-electron chi connectivity index (χ1n) is 9.32. The van der Waals surface area contributed by atoms with Gasteiger partial charge in [0.2, 0.25) is 0 Å². The molecule has 0 aliphatic heterocycles. The Hall–Kier alpha value is -1.80. The maximum absolute atomic E-state index is 10.5. The van der Waals surface area contributed by atoms with Gasteiger partial charge < -0.3 is 10.4 Å². The van der Waals surface area contributed by atoms with E-state index in [1.165, 1.54) is 11.1 Å². The van der Waals surface area contributed by atoms with Crippen molar-refractivity contribution in [2.75, 3.05) is 0 Å². The van der Waals surface area contributed by atoms with Gasteiger partial charge in [0.15, 0.2) is 0 Å². The lowest BCUT2D eigenvalue weighted by Crippen LogP contribution is -2.13. The zero-order valence-electron chi connectivity index (χ0n) is 15.1. The van der Waals surface area contributed by atoms with E-state index >= 15 is 0 Å². The largest absolute Gasteiger partial charge is 0.507 e. The number of unbranched alkanes of at least 4 members (excludes halogenated alkanes) is 2. The van der Waals surface area contributed by atoms with E-state index < -0.39 is 0 Å². The minimum absolute atomic E-state index is 0.531. The van der Waals surface area contributed by atoms with Crippen LogP contribution in [0.25, 0.3) is 0 Å². The third kappa shape index (κ3) is 5.68. The van der Waals surface area contributed by atoms with Gasteiger partial charge in [-0.2, -0.15) is 0 Å². The molecule has 0 saturated heterocycles. The predicted molar refractivity (Wildman–Crippen MR) is 102 cm³/mol. The molecule has 2 rings (SSSR count). The highest BCUT2D eigenvalue weighted by Crippen LogP contribution is 2.28. The van der Waals surface area contributed by atoms with E-state index in [0.717, 1.165) is 62.7 Å². The number of benzene rings is 2. The fraction of sp³-hybridized carbons (Fsp3) is 0.455. The topological polar surface area (TPSA) is 32.3 Å². The van der Waals surface area contributed by atoms with E-state index in [4.69, 9.17) is 0 Å². The summed E-state index contributed by atoms with van der Waals surface area (Å²) in [5, 5.41) is 14.1. The van der Waals surface area contributed by atoms with Crippen molar-refractivity contribution in [2.24, 2.45) is 0 Å². The quantitative estimate of drug-likeness (QED) is 0.615. The highest BCUT2D eigenvalue weighted by Gasteiger charge is 2.10. The zero-order valence-corrected chi connectivity index (χ0v) is 15.1. The lowest BCUT2D eigenvalue weighted by molar-refractivity contribution is 0.458. The van der Waals surface area contributed by atoms with Gasteiger partial charge >= 0.3 is 0 Å². The molecule has 0 bridgehead atoms. The van der Waals surface area contributed by atoms with Gasteiger partial charge in [-0.15, -0.1) is 0 Å². The van der Waals surface area contributed by atoms with Crippen molar-refractivity contribution in [2.45, 2.75) is 65.5 Å². The molecule has 0 heterocycles. The van der Waals surface area contributed by atoms with Crippen LogP contribution in [-0.2, 0) is 25.9 Å². The molecule has 130 valence electrons. The van der Waals surface area contributed by atoms with Gasteiger partial charge in [0, 0.05) is 13.1 Å². The van der Waals surface area contributed by atoms with Crippen LogP contribution >= 0.6 is 0 Å². The van der Waals surface area contributed by atoms with E-state index in [-0.39, 0.29) is 0 Å². The second-order valence-corrected chi connectivity index (χ2v) is 6.56. The van der Waals surface area contributed by atoms with Gasteiger partial charge in [-0.05, 0) is 47.9 Å². The molecule has 0 amide bonds. The summed E-state index contributed by atoms with van der Waals surface area (Å²) in [6.45, 7) is 6.10. The third-order valence-corrected chi connectivity index (χ3v) is 4.43. The number of rotatable bonds is 10. The summed E-state index contributed by atoms with van der Waals surface area (Å²) in [7, 11) is 0. The molecular formula is C22H31NO. The maximum atomic E-state index is 10.5. The minimum Gasteiger partial charge on any atom is -0.507 e. The maximum Gasteiger partial charge on any atom is 0.121 e. The average molecular weight is 325 g/mol. The molecule has 0 aliphatic rings. The van der Waals surface area contributed by atoms with Crippen LogP contribution in [-0.4, -0.2) is 5.11 Å². The van der Waals surface area contributed by atoms with E-state index in [0.29, 0.717) is 5.75 Å². The van der Waals surface area contributed by atoms with Crippen LogP contribution in [0.3, 0.4) is 0 Å². The van der Waals surface area contributed by atoms with Crippen molar-refractivity contribution in [1.82, 2.24) is 5.32 Å². The Morgan fingerprint density at radius 2 is 1.33 bits per heavy atom. The molecule has 2 aromatic carbocycles. The van der Waals surface area contributed by atoms with Gasteiger partial charge in [-0.25, -0.2) is 0 Å². The number of aryl methyl sites for hydroxylation is 2. The van der Waals surface area contributed by atoms with E-state index in [1.807, 2.05) is 6.07 Å². The lowest BCUT2D eigenvalue weighted by atomic mass is 9.97. The molecule has 0 aliphatic carbocycles. The van der Waals surface area contributed by atoms with Crippen LogP contribution in [0.15, 0.2) is 42.5 Å². The van der Waals surface area contributed by atoms with Crippen LogP contribution < -0.4 is 5.32 Å². The van der Waals surface area contributed by atoms with E-state index in [1.54, 1.807) is 0 Å². The monoisotopic (exact) mass is 325 g/mol. The SMILES string of the molecule is CCCCc1cc(CNCc2ccccc2)cc(CCCC)c1O. The lowest BCUT2D eigenvalue weighted by Gasteiger charge is -2.14. The summed E-state index contributed by atoms with van der Waals surface area (Å²) in [4.78, 5) is 0. The van der Waals surface area contributed by atoms with Gasteiger partial charge in [0.1, 0.15) is 5.75 Å². The van der Waals surface area contributed by atoms with Crippen molar-refractivity contribution >= 4 is 0 Å².